The quantitative estimate of drug-likeness (QED) is 0.276. The predicted octanol–water partition coefficient (Wildman–Crippen LogP) is 3.61. The van der Waals surface area contributed by atoms with E-state index in [4.69, 9.17) is 11.6 Å². The average molecular weight is 609 g/mol. The number of phenols is 1. The van der Waals surface area contributed by atoms with Gasteiger partial charge in [0.05, 0.1) is 34.6 Å². The van der Waals surface area contributed by atoms with Gasteiger partial charge in [0, 0.05) is 18.5 Å². The highest BCUT2D eigenvalue weighted by Crippen LogP contribution is 2.62. The van der Waals surface area contributed by atoms with Crippen molar-refractivity contribution in [1.82, 2.24) is 13.9 Å². The monoisotopic (exact) mass is 608 g/mol. The van der Waals surface area contributed by atoms with Crippen molar-refractivity contribution in [2.24, 2.45) is 18.4 Å². The van der Waals surface area contributed by atoms with Gasteiger partial charge in [-0.05, 0) is 55.3 Å². The Balaban J connectivity index is 1.59. The molecule has 0 unspecified atom stereocenters. The van der Waals surface area contributed by atoms with E-state index in [2.05, 4.69) is 4.74 Å². The first-order chi connectivity index (χ1) is 19.6. The van der Waals surface area contributed by atoms with Crippen molar-refractivity contribution in [1.29, 1.82) is 0 Å². The molecule has 1 saturated heterocycles. The first-order valence-electron chi connectivity index (χ1n) is 12.7. The van der Waals surface area contributed by atoms with Crippen LogP contribution in [0, 0.1) is 17.2 Å². The number of allylic oxidation sites excluding steroid dienone is 2. The van der Waals surface area contributed by atoms with Crippen LogP contribution in [0.15, 0.2) is 57.6 Å². The first-order valence-corrected chi connectivity index (χ1v) is 13.0. The van der Waals surface area contributed by atoms with Crippen molar-refractivity contribution in [2.75, 3.05) is 4.90 Å². The number of carbonyl (C=O) groups excluding carboxylic acids is 2. The maximum absolute atomic E-state index is 14.2. The lowest BCUT2D eigenvalue weighted by molar-refractivity contribution is -0.274. The summed E-state index contributed by atoms with van der Waals surface area (Å²) in [5.41, 5.74) is -2.86. The second-order valence-electron chi connectivity index (χ2n) is 10.6. The maximum Gasteiger partial charge on any atom is 0.573 e. The number of ether oxygens (including phenoxy) is 1. The molecule has 10 nitrogen and oxygen atoms in total. The topological polar surface area (TPSA) is 116 Å². The lowest BCUT2D eigenvalue weighted by atomic mass is 9.56. The first kappa shape index (κ1) is 27.8. The second kappa shape index (κ2) is 9.08. The zero-order valence-electron chi connectivity index (χ0n) is 21.9. The number of nitrogens with zero attached hydrogens (tertiary/aromatic N) is 4. The molecule has 2 aromatic carbocycles. The second-order valence-corrected chi connectivity index (χ2v) is 11.0. The number of imide groups is 1. The van der Waals surface area contributed by atoms with E-state index in [-0.39, 0.29) is 29.2 Å². The van der Waals surface area contributed by atoms with Gasteiger partial charge in [0.1, 0.15) is 17.3 Å². The number of rotatable bonds is 3. The molecule has 3 aromatic rings. The third kappa shape index (κ3) is 3.84. The van der Waals surface area contributed by atoms with Gasteiger partial charge in [0.15, 0.2) is 0 Å². The highest BCUT2D eigenvalue weighted by Gasteiger charge is 2.65. The molecular formula is C27H21ClF4N4O6. The number of hydrogen-bond acceptors (Lipinski definition) is 6. The molecule has 15 heteroatoms. The van der Waals surface area contributed by atoms with Crippen molar-refractivity contribution in [3.05, 3.63) is 85.4 Å². The summed E-state index contributed by atoms with van der Waals surface area (Å²) >= 11 is 5.94. The number of aromatic hydroxyl groups is 1. The molecular weight excluding hydrogens is 588 g/mol. The van der Waals surface area contributed by atoms with Crippen LogP contribution in [-0.2, 0) is 23.2 Å². The van der Waals surface area contributed by atoms with Crippen molar-refractivity contribution in [2.45, 2.75) is 38.2 Å². The Labute approximate surface area is 238 Å². The van der Waals surface area contributed by atoms with Gasteiger partial charge in [-0.15, -0.1) is 13.2 Å². The minimum atomic E-state index is -5.06. The van der Waals surface area contributed by atoms with Gasteiger partial charge < -0.3 is 9.84 Å². The highest BCUT2D eigenvalue weighted by molar-refractivity contribution is 6.31. The fourth-order valence-electron chi connectivity index (χ4n) is 6.56. The maximum atomic E-state index is 14.2. The van der Waals surface area contributed by atoms with E-state index in [0.29, 0.717) is 5.57 Å². The molecule has 0 radical (unpaired) electrons. The van der Waals surface area contributed by atoms with Crippen LogP contribution >= 0.6 is 11.6 Å². The Bertz CT molecular complexity index is 1840. The number of benzene rings is 2. The lowest BCUT2D eigenvalue weighted by Gasteiger charge is -2.47. The molecule has 0 bridgehead atoms. The van der Waals surface area contributed by atoms with Gasteiger partial charge in [-0.2, -0.15) is 0 Å². The molecule has 3 aliphatic rings. The van der Waals surface area contributed by atoms with E-state index in [1.54, 1.807) is 6.08 Å². The minimum absolute atomic E-state index is 0.0325. The van der Waals surface area contributed by atoms with Crippen LogP contribution in [0.3, 0.4) is 0 Å². The van der Waals surface area contributed by atoms with Gasteiger partial charge in [-0.1, -0.05) is 17.7 Å². The SMILES string of the molecule is Cn1c(=O)n2n(c1=O)[C@@H]1C[C@H]3C(=O)N(c4ccc(F)c(Cl)c4)C(=O)[C@@]3(C)[C@@H](c3cc(OC(F)(F)F)ccc3O)C1=CC2. The van der Waals surface area contributed by atoms with Crippen LogP contribution in [0.2, 0.25) is 5.02 Å². The summed E-state index contributed by atoms with van der Waals surface area (Å²) in [6.07, 6.45) is -3.62. The van der Waals surface area contributed by atoms with E-state index in [1.165, 1.54) is 20.0 Å². The minimum Gasteiger partial charge on any atom is -0.508 e. The molecule has 3 heterocycles. The Morgan fingerprint density at radius 2 is 1.79 bits per heavy atom. The van der Waals surface area contributed by atoms with Crippen LogP contribution in [-0.4, -0.2) is 37.2 Å². The number of fused-ring (bicyclic) bond motifs is 4. The Hall–Kier alpha value is -4.33. The molecule has 4 atom stereocenters. The molecule has 1 saturated carbocycles. The smallest absolute Gasteiger partial charge is 0.508 e. The molecule has 1 aromatic heterocycles. The molecule has 1 aliphatic carbocycles. The van der Waals surface area contributed by atoms with E-state index < -0.39 is 70.2 Å². The number of hydrogen-bond donors (Lipinski definition) is 1. The zero-order chi connectivity index (χ0) is 30.5. The Kier molecular flexibility index (Phi) is 6.02. The van der Waals surface area contributed by atoms with Crippen LogP contribution in [0.5, 0.6) is 11.5 Å². The fraction of sp³-hybridized carbons (Fsp3) is 0.333. The number of alkyl halides is 3. The third-order valence-electron chi connectivity index (χ3n) is 8.43. The van der Waals surface area contributed by atoms with Gasteiger partial charge in [0.2, 0.25) is 11.8 Å². The van der Waals surface area contributed by atoms with Crippen molar-refractivity contribution in [3.8, 4) is 11.5 Å². The largest absolute Gasteiger partial charge is 0.573 e. The van der Waals surface area contributed by atoms with Gasteiger partial charge in [-0.25, -0.2) is 32.8 Å². The van der Waals surface area contributed by atoms with E-state index in [1.807, 2.05) is 0 Å². The predicted molar refractivity (Wildman–Crippen MR) is 139 cm³/mol. The Morgan fingerprint density at radius 3 is 2.45 bits per heavy atom. The van der Waals surface area contributed by atoms with Crippen molar-refractivity contribution < 1.29 is 37.0 Å². The fourth-order valence-corrected chi connectivity index (χ4v) is 6.74. The average Bonchev–Trinajstić information content (AvgIpc) is 3.26. The van der Waals surface area contributed by atoms with Gasteiger partial charge in [-0.3, -0.25) is 9.59 Å². The summed E-state index contributed by atoms with van der Waals surface area (Å²) in [5.74, 6) is -5.86. The number of phenolic OH excluding ortho intramolecular Hbond substituents is 1. The number of amides is 2. The highest BCUT2D eigenvalue weighted by atomic mass is 35.5. The number of anilines is 1. The molecule has 6 rings (SSSR count). The van der Waals surface area contributed by atoms with Gasteiger partial charge >= 0.3 is 17.7 Å². The standard InChI is InChI=1S/C27H21ClF4N4O6/c1-26-16(22(38)35(23(26)39)12-3-5-18(29)17(28)9-12)11-19-14(7-8-34-24(40)33(2)25(41)36(19)34)21(26)15-10-13(4-6-20(15)37)42-27(30,31)32/h3-7,9-10,16,19,21,37H,8,11H2,1-2H3/t16-,19+,21+,26+/m0/s1. The van der Waals surface area contributed by atoms with Crippen LogP contribution in [0.25, 0.3) is 0 Å². The number of halogens is 5. The number of carbonyl (C=O) groups is 2. The molecule has 0 spiro atoms. The summed E-state index contributed by atoms with van der Waals surface area (Å²) < 4.78 is 60.6. The van der Waals surface area contributed by atoms with Crippen molar-refractivity contribution in [3.63, 3.8) is 0 Å². The van der Waals surface area contributed by atoms with Gasteiger partial charge in [0.25, 0.3) is 0 Å². The number of aromatic nitrogens is 3. The van der Waals surface area contributed by atoms with Crippen molar-refractivity contribution >= 4 is 29.1 Å². The van der Waals surface area contributed by atoms with E-state index in [0.717, 1.165) is 49.2 Å². The van der Waals surface area contributed by atoms with Crippen LogP contribution in [0.4, 0.5) is 23.2 Å². The molecule has 42 heavy (non-hydrogen) atoms. The summed E-state index contributed by atoms with van der Waals surface area (Å²) in [6, 6.07) is 5.11. The summed E-state index contributed by atoms with van der Waals surface area (Å²) in [4.78, 5) is 54.9. The van der Waals surface area contributed by atoms with Crippen LogP contribution in [0.1, 0.15) is 30.9 Å². The third-order valence-corrected chi connectivity index (χ3v) is 8.72. The molecule has 2 aliphatic heterocycles. The lowest BCUT2D eigenvalue weighted by Crippen LogP contribution is -2.49. The molecule has 1 N–H and O–H groups in total. The van der Waals surface area contributed by atoms with E-state index in [9.17, 15) is 41.8 Å². The summed E-state index contributed by atoms with van der Waals surface area (Å²) in [5, 5.41) is 10.6. The molecule has 2 amide bonds. The summed E-state index contributed by atoms with van der Waals surface area (Å²) in [7, 11) is 1.28. The molecule has 220 valence electrons. The summed E-state index contributed by atoms with van der Waals surface area (Å²) in [6.45, 7) is 1.34. The molecule has 2 fully saturated rings. The Morgan fingerprint density at radius 1 is 1.07 bits per heavy atom. The van der Waals surface area contributed by atoms with Crippen LogP contribution < -0.4 is 21.0 Å². The van der Waals surface area contributed by atoms with E-state index >= 15 is 0 Å². The normalized spacial score (nSPS) is 25.2. The zero-order valence-corrected chi connectivity index (χ0v) is 22.6.